The van der Waals surface area contributed by atoms with Crippen molar-refractivity contribution in [3.8, 4) is 0 Å². The molecule has 1 unspecified atom stereocenters. The van der Waals surface area contributed by atoms with Crippen LogP contribution in [-0.4, -0.2) is 63.8 Å². The van der Waals surface area contributed by atoms with Crippen molar-refractivity contribution in [2.75, 3.05) is 26.7 Å². The summed E-state index contributed by atoms with van der Waals surface area (Å²) in [4.78, 5) is 37.6. The van der Waals surface area contributed by atoms with E-state index in [2.05, 4.69) is 15.4 Å². The van der Waals surface area contributed by atoms with E-state index in [1.165, 1.54) is 18.0 Å². The molecule has 10 heteroatoms. The first-order valence-corrected chi connectivity index (χ1v) is 11.0. The van der Waals surface area contributed by atoms with Crippen LogP contribution in [0, 0.1) is 13.8 Å². The smallest absolute Gasteiger partial charge is 0.242 e. The molecule has 3 amide bonds. The number of hydrogen-bond donors (Lipinski definition) is 3. The molecule has 0 bridgehead atoms. The van der Waals surface area contributed by atoms with E-state index in [0.717, 1.165) is 17.5 Å². The van der Waals surface area contributed by atoms with Crippen molar-refractivity contribution < 1.29 is 22.8 Å². The Kier molecular flexibility index (Phi) is 7.74. The lowest BCUT2D eigenvalue weighted by Crippen LogP contribution is -2.48. The van der Waals surface area contributed by atoms with E-state index in [9.17, 15) is 22.8 Å². The molecule has 1 atom stereocenters. The van der Waals surface area contributed by atoms with E-state index in [1.807, 2.05) is 13.8 Å². The molecule has 9 nitrogen and oxygen atoms in total. The van der Waals surface area contributed by atoms with Gasteiger partial charge in [0.15, 0.2) is 0 Å². The molecule has 1 aliphatic rings. The molecule has 2 rings (SSSR count). The van der Waals surface area contributed by atoms with Gasteiger partial charge < -0.3 is 15.5 Å². The number of aryl methyl sites for hydroxylation is 2. The number of likely N-dealkylation sites (N-methyl/N-ethyl adjacent to an activating group) is 1. The topological polar surface area (TPSA) is 125 Å². The van der Waals surface area contributed by atoms with Crippen LogP contribution >= 0.6 is 0 Å². The van der Waals surface area contributed by atoms with E-state index in [-0.39, 0.29) is 36.2 Å². The molecule has 0 aromatic heterocycles. The number of hydrogen-bond acceptors (Lipinski definition) is 5. The highest BCUT2D eigenvalue weighted by atomic mass is 32.2. The summed E-state index contributed by atoms with van der Waals surface area (Å²) in [7, 11) is -2.19. The zero-order valence-electron chi connectivity index (χ0n) is 16.9. The predicted molar refractivity (Wildman–Crippen MR) is 108 cm³/mol. The summed E-state index contributed by atoms with van der Waals surface area (Å²) in [6.45, 7) is 3.89. The van der Waals surface area contributed by atoms with E-state index in [1.54, 1.807) is 12.1 Å². The predicted octanol–water partition coefficient (Wildman–Crippen LogP) is -0.175. The number of carbonyl (C=O) groups is 3. The molecule has 0 saturated carbocycles. The molecule has 1 aromatic carbocycles. The molecule has 1 fully saturated rings. The number of nitrogens with one attached hydrogen (secondary N) is 3. The fourth-order valence-corrected chi connectivity index (χ4v) is 4.25. The molecule has 29 heavy (non-hydrogen) atoms. The summed E-state index contributed by atoms with van der Waals surface area (Å²) in [5.74, 6) is -1.00. The lowest BCUT2D eigenvalue weighted by molar-refractivity contribution is -0.138. The minimum Gasteiger partial charge on any atom is -0.357 e. The number of rotatable bonds is 8. The first-order chi connectivity index (χ1) is 13.7. The van der Waals surface area contributed by atoms with Gasteiger partial charge in [-0.05, 0) is 49.9 Å². The minimum absolute atomic E-state index is 0.0835. The van der Waals surface area contributed by atoms with Gasteiger partial charge in [0.2, 0.25) is 27.7 Å². The fraction of sp³-hybridized carbons (Fsp3) is 0.526. The summed E-state index contributed by atoms with van der Waals surface area (Å²) in [5, 5.41) is 5.02. The Morgan fingerprint density at radius 1 is 1.17 bits per heavy atom. The maximum atomic E-state index is 12.3. The Labute approximate surface area is 171 Å². The molecule has 1 aromatic rings. The second-order valence-electron chi connectivity index (χ2n) is 7.03. The third kappa shape index (κ3) is 6.01. The largest absolute Gasteiger partial charge is 0.357 e. The molecule has 1 aliphatic heterocycles. The maximum absolute atomic E-state index is 12.3. The average molecular weight is 425 g/mol. The maximum Gasteiger partial charge on any atom is 0.242 e. The lowest BCUT2D eigenvalue weighted by Gasteiger charge is -2.23. The van der Waals surface area contributed by atoms with E-state index >= 15 is 0 Å². The van der Waals surface area contributed by atoms with Gasteiger partial charge in [-0.25, -0.2) is 13.1 Å². The first-order valence-electron chi connectivity index (χ1n) is 9.50. The van der Waals surface area contributed by atoms with Gasteiger partial charge in [0.1, 0.15) is 6.04 Å². The molecule has 0 spiro atoms. The van der Waals surface area contributed by atoms with Crippen molar-refractivity contribution >= 4 is 27.7 Å². The van der Waals surface area contributed by atoms with Gasteiger partial charge >= 0.3 is 0 Å². The van der Waals surface area contributed by atoms with Crippen molar-refractivity contribution in [2.24, 2.45) is 0 Å². The van der Waals surface area contributed by atoms with Crippen molar-refractivity contribution in [1.29, 1.82) is 0 Å². The quantitative estimate of drug-likeness (QED) is 0.534. The molecule has 0 aliphatic carbocycles. The number of amides is 3. The summed E-state index contributed by atoms with van der Waals surface area (Å²) in [6, 6.07) is 4.32. The van der Waals surface area contributed by atoms with Crippen LogP contribution in [0.5, 0.6) is 0 Å². The molecule has 1 heterocycles. The molecule has 0 radical (unpaired) electrons. The average Bonchev–Trinajstić information content (AvgIpc) is 3.17. The highest BCUT2D eigenvalue weighted by molar-refractivity contribution is 7.89. The third-order valence-corrected chi connectivity index (χ3v) is 6.45. The summed E-state index contributed by atoms with van der Waals surface area (Å²) < 4.78 is 27.0. The minimum atomic E-state index is -3.71. The molecular formula is C19H28N4O5S. The Hall–Kier alpha value is -2.46. The molecule has 1 saturated heterocycles. The van der Waals surface area contributed by atoms with Crippen LogP contribution in [0.1, 0.15) is 30.4 Å². The number of benzene rings is 1. The van der Waals surface area contributed by atoms with Gasteiger partial charge in [-0.15, -0.1) is 0 Å². The summed E-state index contributed by atoms with van der Waals surface area (Å²) >= 11 is 0. The first kappa shape index (κ1) is 22.8. The molecule has 3 N–H and O–H groups in total. The number of carbonyl (C=O) groups excluding carboxylic acids is 3. The monoisotopic (exact) mass is 424 g/mol. The van der Waals surface area contributed by atoms with E-state index in [4.69, 9.17) is 0 Å². The molecular weight excluding hydrogens is 396 g/mol. The number of likely N-dealkylation sites (tertiary alicyclic amines) is 1. The molecule has 160 valence electrons. The van der Waals surface area contributed by atoms with E-state index < -0.39 is 22.0 Å². The second kappa shape index (κ2) is 9.84. The highest BCUT2D eigenvalue weighted by Gasteiger charge is 2.33. The summed E-state index contributed by atoms with van der Waals surface area (Å²) in [5.41, 5.74) is 1.85. The summed E-state index contributed by atoms with van der Waals surface area (Å²) in [6.07, 6.45) is 1.23. The Bertz CT molecular complexity index is 885. The van der Waals surface area contributed by atoms with Crippen LogP contribution in [0.4, 0.5) is 0 Å². The number of nitrogens with zero attached hydrogens (tertiary/aromatic N) is 1. The van der Waals surface area contributed by atoms with Crippen molar-refractivity contribution in [1.82, 2.24) is 20.3 Å². The van der Waals surface area contributed by atoms with Gasteiger partial charge in [-0.2, -0.15) is 0 Å². The van der Waals surface area contributed by atoms with Gasteiger partial charge in [-0.1, -0.05) is 6.07 Å². The zero-order valence-corrected chi connectivity index (χ0v) is 17.8. The number of sulfonamides is 1. The SMILES string of the molecule is CNC(=O)C1CCCN1C(=O)CNC(=O)CCNS(=O)(=O)c1ccc(C)c(C)c1. The fourth-order valence-electron chi connectivity index (χ4n) is 3.13. The van der Waals surface area contributed by atoms with Gasteiger partial charge in [-0.3, -0.25) is 14.4 Å². The van der Waals surface area contributed by atoms with Gasteiger partial charge in [0.25, 0.3) is 0 Å². The van der Waals surface area contributed by atoms with Crippen LogP contribution in [0.3, 0.4) is 0 Å². The van der Waals surface area contributed by atoms with Crippen molar-refractivity contribution in [3.63, 3.8) is 0 Å². The van der Waals surface area contributed by atoms with Crippen molar-refractivity contribution in [2.45, 2.75) is 44.0 Å². The standard InChI is InChI=1S/C19H28N4O5S/c1-13-6-7-15(11-14(13)2)29(27,28)22-9-8-17(24)21-12-18(25)23-10-4-5-16(23)19(26)20-3/h6-7,11,16,22H,4-5,8-10,12H2,1-3H3,(H,20,26)(H,21,24). The Morgan fingerprint density at radius 2 is 1.90 bits per heavy atom. The van der Waals surface area contributed by atoms with Crippen LogP contribution in [0.2, 0.25) is 0 Å². The second-order valence-corrected chi connectivity index (χ2v) is 8.80. The van der Waals surface area contributed by atoms with Crippen LogP contribution in [-0.2, 0) is 24.4 Å². The normalized spacial score (nSPS) is 16.5. The van der Waals surface area contributed by atoms with Gasteiger partial charge in [0, 0.05) is 26.6 Å². The van der Waals surface area contributed by atoms with Crippen LogP contribution in [0.15, 0.2) is 23.1 Å². The van der Waals surface area contributed by atoms with Crippen LogP contribution in [0.25, 0.3) is 0 Å². The van der Waals surface area contributed by atoms with Gasteiger partial charge in [0.05, 0.1) is 11.4 Å². The van der Waals surface area contributed by atoms with Crippen LogP contribution < -0.4 is 15.4 Å². The van der Waals surface area contributed by atoms with E-state index in [0.29, 0.717) is 13.0 Å². The Balaban J connectivity index is 1.79. The zero-order chi connectivity index (χ0) is 21.6. The third-order valence-electron chi connectivity index (χ3n) is 4.99. The van der Waals surface area contributed by atoms with Crippen molar-refractivity contribution in [3.05, 3.63) is 29.3 Å². The Morgan fingerprint density at radius 3 is 2.55 bits per heavy atom. The highest BCUT2D eigenvalue weighted by Crippen LogP contribution is 2.17. The lowest BCUT2D eigenvalue weighted by atomic mass is 10.1.